The molecule has 3 heterocycles. The number of nitrogens with zero attached hydrogens (tertiary/aromatic N) is 1. The van der Waals surface area contributed by atoms with Crippen LogP contribution in [-0.2, 0) is 12.8 Å². The summed E-state index contributed by atoms with van der Waals surface area (Å²) in [6.07, 6.45) is 3.27. The van der Waals surface area contributed by atoms with Crippen molar-refractivity contribution in [2.75, 3.05) is 0 Å². The molecule has 20 heavy (non-hydrogen) atoms. The Bertz CT molecular complexity index is 830. The maximum absolute atomic E-state index is 12.4. The predicted molar refractivity (Wildman–Crippen MR) is 84.7 cm³/mol. The van der Waals surface area contributed by atoms with Crippen molar-refractivity contribution in [3.8, 4) is 10.7 Å². The Kier molecular flexibility index (Phi) is 2.79. The van der Waals surface area contributed by atoms with Gasteiger partial charge in [-0.2, -0.15) is 0 Å². The summed E-state index contributed by atoms with van der Waals surface area (Å²) in [6, 6.07) is 3.97. The summed E-state index contributed by atoms with van der Waals surface area (Å²) in [7, 11) is 0. The first-order chi connectivity index (χ1) is 9.72. The molecule has 0 saturated heterocycles. The number of aromatic amines is 1. The normalized spacial score (nSPS) is 18.4. The fraction of sp³-hybridized carbons (Fsp3) is 0.333. The van der Waals surface area contributed by atoms with Crippen LogP contribution in [0.15, 0.2) is 22.3 Å². The van der Waals surface area contributed by atoms with Gasteiger partial charge >= 0.3 is 0 Å². The molecule has 0 aliphatic heterocycles. The molecule has 0 aromatic carbocycles. The Balaban J connectivity index is 1.96. The molecule has 3 nitrogen and oxygen atoms in total. The van der Waals surface area contributed by atoms with Gasteiger partial charge in [0.25, 0.3) is 5.56 Å². The first-order valence-electron chi connectivity index (χ1n) is 6.81. The van der Waals surface area contributed by atoms with Gasteiger partial charge in [-0.15, -0.1) is 22.7 Å². The van der Waals surface area contributed by atoms with Gasteiger partial charge in [-0.3, -0.25) is 4.79 Å². The highest BCUT2D eigenvalue weighted by Crippen LogP contribution is 2.36. The molecule has 0 spiro atoms. The van der Waals surface area contributed by atoms with Gasteiger partial charge in [0.2, 0.25) is 0 Å². The minimum Gasteiger partial charge on any atom is -0.305 e. The SMILES string of the molecule is C[C@H]1CCc2c(sc3nc(-c4cccs4)[nH]c(=O)c23)C1. The number of rotatable bonds is 1. The Morgan fingerprint density at radius 2 is 2.35 bits per heavy atom. The van der Waals surface area contributed by atoms with Crippen molar-refractivity contribution >= 4 is 32.9 Å². The van der Waals surface area contributed by atoms with Crippen LogP contribution < -0.4 is 5.56 Å². The lowest BCUT2D eigenvalue weighted by Gasteiger charge is -2.17. The quantitative estimate of drug-likeness (QED) is 0.742. The summed E-state index contributed by atoms with van der Waals surface area (Å²) in [5.74, 6) is 1.41. The van der Waals surface area contributed by atoms with E-state index in [1.54, 1.807) is 22.7 Å². The zero-order valence-electron chi connectivity index (χ0n) is 11.1. The van der Waals surface area contributed by atoms with E-state index in [-0.39, 0.29) is 5.56 Å². The lowest BCUT2D eigenvalue weighted by molar-refractivity contribution is 0.509. The fourth-order valence-corrected chi connectivity index (χ4v) is 4.93. The van der Waals surface area contributed by atoms with E-state index in [2.05, 4.69) is 16.9 Å². The molecule has 0 bridgehead atoms. The molecule has 0 saturated carbocycles. The maximum Gasteiger partial charge on any atom is 0.260 e. The van der Waals surface area contributed by atoms with E-state index in [9.17, 15) is 4.79 Å². The standard InChI is InChI=1S/C15H14N2OS2/c1-8-4-5-9-11(7-8)20-15-12(9)14(18)16-13(17-15)10-3-2-6-19-10/h2-3,6,8H,4-5,7H2,1H3,(H,16,17,18)/t8-/m0/s1. The van der Waals surface area contributed by atoms with E-state index in [0.29, 0.717) is 11.7 Å². The number of hydrogen-bond donors (Lipinski definition) is 1. The first-order valence-corrected chi connectivity index (χ1v) is 8.50. The second kappa shape index (κ2) is 4.53. The minimum absolute atomic E-state index is 0.0189. The van der Waals surface area contributed by atoms with E-state index in [0.717, 1.165) is 27.9 Å². The van der Waals surface area contributed by atoms with Gasteiger partial charge in [0.1, 0.15) is 4.83 Å². The smallest absolute Gasteiger partial charge is 0.260 e. The van der Waals surface area contributed by atoms with Crippen molar-refractivity contribution in [3.63, 3.8) is 0 Å². The monoisotopic (exact) mass is 302 g/mol. The number of hydrogen-bond acceptors (Lipinski definition) is 4. The van der Waals surface area contributed by atoms with Crippen molar-refractivity contribution in [2.45, 2.75) is 26.2 Å². The van der Waals surface area contributed by atoms with E-state index in [1.165, 1.54) is 16.9 Å². The highest BCUT2D eigenvalue weighted by molar-refractivity contribution is 7.19. The molecule has 1 atom stereocenters. The maximum atomic E-state index is 12.4. The summed E-state index contributed by atoms with van der Waals surface area (Å²) in [6.45, 7) is 2.28. The minimum atomic E-state index is 0.0189. The molecule has 1 N–H and O–H groups in total. The average molecular weight is 302 g/mol. The van der Waals surface area contributed by atoms with Crippen LogP contribution in [0.1, 0.15) is 23.8 Å². The average Bonchev–Trinajstić information content (AvgIpc) is 3.04. The Morgan fingerprint density at radius 3 is 3.15 bits per heavy atom. The Morgan fingerprint density at radius 1 is 1.45 bits per heavy atom. The Hall–Kier alpha value is -1.46. The van der Waals surface area contributed by atoms with Crippen LogP contribution in [0.2, 0.25) is 0 Å². The molecule has 0 radical (unpaired) electrons. The third kappa shape index (κ3) is 1.84. The molecule has 0 amide bonds. The van der Waals surface area contributed by atoms with Crippen molar-refractivity contribution in [1.29, 1.82) is 0 Å². The predicted octanol–water partition coefficient (Wildman–Crippen LogP) is 3.84. The van der Waals surface area contributed by atoms with E-state index < -0.39 is 0 Å². The molecule has 5 heteroatoms. The summed E-state index contributed by atoms with van der Waals surface area (Å²) >= 11 is 3.30. The summed E-state index contributed by atoms with van der Waals surface area (Å²) in [4.78, 5) is 23.3. The van der Waals surface area contributed by atoms with Gasteiger partial charge in [0.15, 0.2) is 5.82 Å². The second-order valence-corrected chi connectivity index (χ2v) is 7.46. The molecule has 4 rings (SSSR count). The molecular weight excluding hydrogens is 288 g/mol. The van der Waals surface area contributed by atoms with Gasteiger partial charge in [-0.05, 0) is 42.2 Å². The Labute approximate surface area is 124 Å². The van der Waals surface area contributed by atoms with Gasteiger partial charge in [0, 0.05) is 4.88 Å². The molecule has 102 valence electrons. The van der Waals surface area contributed by atoms with Crippen molar-refractivity contribution < 1.29 is 0 Å². The third-order valence-corrected chi connectivity index (χ3v) is 5.94. The number of aromatic nitrogens is 2. The van der Waals surface area contributed by atoms with Gasteiger partial charge in [-0.1, -0.05) is 13.0 Å². The van der Waals surface area contributed by atoms with Crippen LogP contribution in [0, 0.1) is 5.92 Å². The van der Waals surface area contributed by atoms with Crippen molar-refractivity contribution in [2.24, 2.45) is 5.92 Å². The molecular formula is C15H14N2OS2. The van der Waals surface area contributed by atoms with E-state index in [4.69, 9.17) is 0 Å². The lowest BCUT2D eigenvalue weighted by Crippen LogP contribution is -2.13. The van der Waals surface area contributed by atoms with Gasteiger partial charge < -0.3 is 4.98 Å². The van der Waals surface area contributed by atoms with Crippen molar-refractivity contribution in [1.82, 2.24) is 9.97 Å². The zero-order valence-corrected chi connectivity index (χ0v) is 12.7. The van der Waals surface area contributed by atoms with Crippen molar-refractivity contribution in [3.05, 3.63) is 38.3 Å². The highest BCUT2D eigenvalue weighted by Gasteiger charge is 2.23. The van der Waals surface area contributed by atoms with Gasteiger partial charge in [0.05, 0.1) is 10.3 Å². The van der Waals surface area contributed by atoms with Crippen LogP contribution in [0.4, 0.5) is 0 Å². The first kappa shape index (κ1) is 12.3. The summed E-state index contributed by atoms with van der Waals surface area (Å²) < 4.78 is 0. The number of fused-ring (bicyclic) bond motifs is 3. The molecule has 1 aliphatic carbocycles. The number of aryl methyl sites for hydroxylation is 1. The number of nitrogens with one attached hydrogen (secondary N) is 1. The second-order valence-electron chi connectivity index (χ2n) is 5.42. The third-order valence-electron chi connectivity index (χ3n) is 3.92. The van der Waals surface area contributed by atoms with Gasteiger partial charge in [-0.25, -0.2) is 4.98 Å². The summed E-state index contributed by atoms with van der Waals surface area (Å²) in [5, 5.41) is 2.83. The molecule has 0 fully saturated rings. The number of H-pyrrole nitrogens is 1. The van der Waals surface area contributed by atoms with Crippen LogP contribution in [-0.4, -0.2) is 9.97 Å². The lowest BCUT2D eigenvalue weighted by atomic mass is 9.89. The zero-order chi connectivity index (χ0) is 13.7. The van der Waals surface area contributed by atoms with Crippen LogP contribution in [0.5, 0.6) is 0 Å². The topological polar surface area (TPSA) is 45.8 Å². The number of thiophene rings is 2. The molecule has 3 aromatic rings. The highest BCUT2D eigenvalue weighted by atomic mass is 32.1. The molecule has 3 aromatic heterocycles. The van der Waals surface area contributed by atoms with Crippen LogP contribution in [0.25, 0.3) is 20.9 Å². The largest absolute Gasteiger partial charge is 0.305 e. The fourth-order valence-electron chi connectivity index (χ4n) is 2.88. The van der Waals surface area contributed by atoms with Crippen LogP contribution >= 0.6 is 22.7 Å². The van der Waals surface area contributed by atoms with E-state index >= 15 is 0 Å². The van der Waals surface area contributed by atoms with E-state index in [1.807, 2.05) is 17.5 Å². The summed E-state index contributed by atoms with van der Waals surface area (Å²) in [5.41, 5.74) is 1.26. The molecule has 1 aliphatic rings. The molecule has 0 unspecified atom stereocenters. The van der Waals surface area contributed by atoms with Crippen LogP contribution in [0.3, 0.4) is 0 Å².